The Morgan fingerprint density at radius 3 is 1.41 bits per heavy atom. The van der Waals surface area contributed by atoms with Crippen molar-refractivity contribution in [2.75, 3.05) is 81.0 Å². The van der Waals surface area contributed by atoms with Gasteiger partial charge in [0.2, 0.25) is 0 Å². The van der Waals surface area contributed by atoms with Gasteiger partial charge in [-0.1, -0.05) is 0 Å². The molecule has 0 saturated heterocycles. The van der Waals surface area contributed by atoms with Crippen LogP contribution in [0.4, 0.5) is 0 Å². The number of ether oxygens (including phenoxy) is 4. The fourth-order valence-electron chi connectivity index (χ4n) is 1.22. The SMILES string of the molecule is COCCOCC[N+](C)(C)CCOCCOC. The molecule has 0 bridgehead atoms. The minimum absolute atomic E-state index is 0.660. The first-order valence-corrected chi connectivity index (χ1v) is 6.08. The zero-order chi connectivity index (χ0) is 13.0. The molecule has 0 rings (SSSR count). The van der Waals surface area contributed by atoms with E-state index in [-0.39, 0.29) is 0 Å². The van der Waals surface area contributed by atoms with Crippen LogP contribution in [0.5, 0.6) is 0 Å². The van der Waals surface area contributed by atoms with Crippen molar-refractivity contribution in [3.8, 4) is 0 Å². The van der Waals surface area contributed by atoms with Crippen molar-refractivity contribution >= 4 is 0 Å². The summed E-state index contributed by atoms with van der Waals surface area (Å²) in [6.45, 7) is 6.14. The normalized spacial score (nSPS) is 12.0. The topological polar surface area (TPSA) is 36.9 Å². The van der Waals surface area contributed by atoms with Crippen LogP contribution in [0, 0.1) is 0 Å². The Morgan fingerprint density at radius 2 is 1.06 bits per heavy atom. The second-order valence-corrected chi connectivity index (χ2v) is 4.59. The lowest BCUT2D eigenvalue weighted by molar-refractivity contribution is -0.891. The Kier molecular flexibility index (Phi) is 10.8. The van der Waals surface area contributed by atoms with Gasteiger partial charge in [-0.05, 0) is 0 Å². The number of rotatable bonds is 12. The van der Waals surface area contributed by atoms with Gasteiger partial charge in [0.25, 0.3) is 0 Å². The molecule has 0 fully saturated rings. The molecule has 104 valence electrons. The van der Waals surface area contributed by atoms with Crippen LogP contribution in [-0.4, -0.2) is 85.5 Å². The molecule has 0 heterocycles. The van der Waals surface area contributed by atoms with E-state index in [1.54, 1.807) is 14.2 Å². The number of likely N-dealkylation sites (N-methyl/N-ethyl adjacent to an activating group) is 1. The molecule has 0 aliphatic carbocycles. The lowest BCUT2D eigenvalue weighted by Gasteiger charge is -2.29. The highest BCUT2D eigenvalue weighted by atomic mass is 16.5. The summed E-state index contributed by atoms with van der Waals surface area (Å²) < 4.78 is 21.6. The molecule has 0 saturated carbocycles. The standard InChI is InChI=1S/C12H28NO4/c1-13(2,5-7-16-11-9-14-3)6-8-17-12-10-15-4/h5-12H2,1-4H3/q+1. The summed E-state index contributed by atoms with van der Waals surface area (Å²) >= 11 is 0. The van der Waals surface area contributed by atoms with E-state index in [9.17, 15) is 0 Å². The molecule has 5 nitrogen and oxygen atoms in total. The van der Waals surface area contributed by atoms with E-state index >= 15 is 0 Å². The lowest BCUT2D eigenvalue weighted by atomic mass is 10.4. The van der Waals surface area contributed by atoms with Gasteiger partial charge in [-0.25, -0.2) is 0 Å². The fourth-order valence-corrected chi connectivity index (χ4v) is 1.22. The molecule has 0 unspecified atom stereocenters. The van der Waals surface area contributed by atoms with Crippen LogP contribution >= 0.6 is 0 Å². The molecule has 0 atom stereocenters. The molecule has 0 spiro atoms. The van der Waals surface area contributed by atoms with Crippen LogP contribution in [0.2, 0.25) is 0 Å². The molecule has 0 aliphatic rings. The van der Waals surface area contributed by atoms with Gasteiger partial charge in [0.05, 0.1) is 53.7 Å². The van der Waals surface area contributed by atoms with Gasteiger partial charge >= 0.3 is 0 Å². The molecule has 0 aromatic carbocycles. The molecule has 17 heavy (non-hydrogen) atoms. The van der Waals surface area contributed by atoms with Crippen LogP contribution in [0.25, 0.3) is 0 Å². The van der Waals surface area contributed by atoms with Crippen LogP contribution in [-0.2, 0) is 18.9 Å². The second-order valence-electron chi connectivity index (χ2n) is 4.59. The molecule has 0 aromatic heterocycles. The van der Waals surface area contributed by atoms with Crippen molar-refractivity contribution in [2.24, 2.45) is 0 Å². The summed E-state index contributed by atoms with van der Waals surface area (Å²) in [7, 11) is 7.72. The third kappa shape index (κ3) is 12.1. The Bertz CT molecular complexity index is 149. The van der Waals surface area contributed by atoms with E-state index in [1.807, 2.05) is 0 Å². The van der Waals surface area contributed by atoms with Gasteiger partial charge in [-0.15, -0.1) is 0 Å². The number of nitrogens with zero attached hydrogens (tertiary/aromatic N) is 1. The van der Waals surface area contributed by atoms with Gasteiger partial charge in [0.15, 0.2) is 0 Å². The maximum absolute atomic E-state index is 5.45. The van der Waals surface area contributed by atoms with Crippen molar-refractivity contribution in [1.82, 2.24) is 0 Å². The van der Waals surface area contributed by atoms with Crippen LogP contribution in [0.3, 0.4) is 0 Å². The van der Waals surface area contributed by atoms with Gasteiger partial charge in [0, 0.05) is 14.2 Å². The van der Waals surface area contributed by atoms with E-state index in [4.69, 9.17) is 18.9 Å². The second kappa shape index (κ2) is 10.9. The molecular weight excluding hydrogens is 222 g/mol. The van der Waals surface area contributed by atoms with Crippen molar-refractivity contribution < 1.29 is 23.4 Å². The molecule has 0 radical (unpaired) electrons. The molecular formula is C12H28NO4+. The quantitative estimate of drug-likeness (QED) is 0.371. The summed E-state index contributed by atoms with van der Waals surface area (Å²) in [5.74, 6) is 0. The number of methoxy groups -OCH3 is 2. The minimum Gasteiger partial charge on any atom is -0.382 e. The first-order valence-electron chi connectivity index (χ1n) is 6.08. The number of quaternary nitrogens is 1. The maximum atomic E-state index is 5.45. The Morgan fingerprint density at radius 1 is 0.647 bits per heavy atom. The first-order chi connectivity index (χ1) is 8.12. The Labute approximate surface area is 105 Å². The smallest absolute Gasteiger partial charge is 0.102 e. The van der Waals surface area contributed by atoms with Gasteiger partial charge in [-0.2, -0.15) is 0 Å². The van der Waals surface area contributed by atoms with Crippen LogP contribution < -0.4 is 0 Å². The van der Waals surface area contributed by atoms with Crippen molar-refractivity contribution in [1.29, 1.82) is 0 Å². The largest absolute Gasteiger partial charge is 0.382 e. The van der Waals surface area contributed by atoms with Crippen molar-refractivity contribution in [3.05, 3.63) is 0 Å². The third-order valence-electron chi connectivity index (χ3n) is 2.55. The average Bonchev–Trinajstić information content (AvgIpc) is 2.28. The van der Waals surface area contributed by atoms with E-state index in [0.717, 1.165) is 30.8 Å². The number of hydrogen-bond donors (Lipinski definition) is 0. The highest BCUT2D eigenvalue weighted by molar-refractivity contribution is 4.37. The third-order valence-corrected chi connectivity index (χ3v) is 2.55. The molecule has 5 heteroatoms. The predicted octanol–water partition coefficient (Wildman–Crippen LogP) is 0.389. The van der Waals surface area contributed by atoms with Crippen molar-refractivity contribution in [3.63, 3.8) is 0 Å². The van der Waals surface area contributed by atoms with Crippen LogP contribution in [0.15, 0.2) is 0 Å². The van der Waals surface area contributed by atoms with Crippen LogP contribution in [0.1, 0.15) is 0 Å². The number of hydrogen-bond acceptors (Lipinski definition) is 4. The van der Waals surface area contributed by atoms with Crippen molar-refractivity contribution in [2.45, 2.75) is 0 Å². The maximum Gasteiger partial charge on any atom is 0.102 e. The van der Waals surface area contributed by atoms with Gasteiger partial charge in [0.1, 0.15) is 13.1 Å². The highest BCUT2D eigenvalue weighted by Gasteiger charge is 2.14. The van der Waals surface area contributed by atoms with Gasteiger partial charge < -0.3 is 23.4 Å². The van der Waals surface area contributed by atoms with E-state index < -0.39 is 0 Å². The van der Waals surface area contributed by atoms with E-state index in [1.165, 1.54) is 0 Å². The van der Waals surface area contributed by atoms with Gasteiger partial charge in [-0.3, -0.25) is 0 Å². The summed E-state index contributed by atoms with van der Waals surface area (Å²) in [4.78, 5) is 0. The highest BCUT2D eigenvalue weighted by Crippen LogP contribution is 1.97. The molecule has 0 aromatic rings. The molecule has 0 aliphatic heterocycles. The Balaban J connectivity index is 3.38. The lowest BCUT2D eigenvalue weighted by Crippen LogP contribution is -2.44. The molecule has 0 amide bonds. The van der Waals surface area contributed by atoms with E-state index in [0.29, 0.717) is 26.4 Å². The Hall–Kier alpha value is -0.200. The first kappa shape index (κ1) is 16.8. The molecule has 0 N–H and O–H groups in total. The average molecular weight is 250 g/mol. The monoisotopic (exact) mass is 250 g/mol. The minimum atomic E-state index is 0.660. The summed E-state index contributed by atoms with van der Waals surface area (Å²) in [5.41, 5.74) is 0. The summed E-state index contributed by atoms with van der Waals surface area (Å²) in [6, 6.07) is 0. The fraction of sp³-hybridized carbons (Fsp3) is 1.00. The summed E-state index contributed by atoms with van der Waals surface area (Å²) in [5, 5.41) is 0. The predicted molar refractivity (Wildman–Crippen MR) is 67.2 cm³/mol. The zero-order valence-electron chi connectivity index (χ0n) is 11.7. The van der Waals surface area contributed by atoms with E-state index in [2.05, 4.69) is 14.1 Å². The summed E-state index contributed by atoms with van der Waals surface area (Å²) in [6.07, 6.45) is 0. The zero-order valence-corrected chi connectivity index (χ0v) is 11.7.